The van der Waals surface area contributed by atoms with Gasteiger partial charge in [0.05, 0.1) is 29.0 Å². The van der Waals surface area contributed by atoms with Gasteiger partial charge in [-0.25, -0.2) is 30.3 Å². The van der Waals surface area contributed by atoms with Gasteiger partial charge in [-0.3, -0.25) is 0 Å². The fourth-order valence-corrected chi connectivity index (χ4v) is 3.41. The third-order valence-corrected chi connectivity index (χ3v) is 5.16. The van der Waals surface area contributed by atoms with Gasteiger partial charge in [0.2, 0.25) is 0 Å². The first-order chi connectivity index (χ1) is 18.2. The van der Waals surface area contributed by atoms with Crippen LogP contribution in [-0.4, -0.2) is 21.4 Å². The van der Waals surface area contributed by atoms with Gasteiger partial charge in [-0.1, -0.05) is 48.6 Å². The topological polar surface area (TPSA) is 93.0 Å². The lowest BCUT2D eigenvalue weighted by Crippen LogP contribution is -2.19. The molecule has 0 unspecified atom stereocenters. The molecule has 0 saturated heterocycles. The minimum Gasteiger partial charge on any atom is -0.382 e. The Labute approximate surface area is 213 Å². The molecule has 2 aliphatic carbocycles. The van der Waals surface area contributed by atoms with Gasteiger partial charge in [-0.2, -0.15) is 4.98 Å². The molecule has 0 amide bonds. The first-order valence-corrected chi connectivity index (χ1v) is 11.6. The molecule has 2 aromatic carbocycles. The van der Waals surface area contributed by atoms with E-state index in [4.69, 9.17) is 9.68 Å². The van der Waals surface area contributed by atoms with Crippen LogP contribution in [0.25, 0.3) is 0 Å². The number of hydrogen-bond acceptors (Lipinski definition) is 8. The molecule has 37 heavy (non-hydrogen) atoms. The maximum atomic E-state index is 14.5. The first-order valence-electron chi connectivity index (χ1n) is 11.6. The lowest BCUT2D eigenvalue weighted by atomic mass is 10.1. The van der Waals surface area contributed by atoms with Crippen molar-refractivity contribution in [3.8, 4) is 11.5 Å². The van der Waals surface area contributed by atoms with Gasteiger partial charge in [0, 0.05) is 12.8 Å². The average molecular weight is 495 g/mol. The fourth-order valence-electron chi connectivity index (χ4n) is 3.41. The second-order valence-electron chi connectivity index (χ2n) is 8.00. The highest BCUT2D eigenvalue weighted by Crippen LogP contribution is 2.20. The van der Waals surface area contributed by atoms with E-state index >= 15 is 0 Å². The van der Waals surface area contributed by atoms with E-state index in [1.54, 1.807) is 12.2 Å². The molecule has 0 saturated carbocycles. The quantitative estimate of drug-likeness (QED) is 0.395. The highest BCUT2D eigenvalue weighted by Gasteiger charge is 2.11. The molecule has 9 heteroatoms. The highest BCUT2D eigenvalue weighted by molar-refractivity contribution is 6.07. The highest BCUT2D eigenvalue weighted by atomic mass is 19.1. The van der Waals surface area contributed by atoms with Gasteiger partial charge in [0.25, 0.3) is 5.95 Å². The Balaban J connectivity index is 1.29. The minimum absolute atomic E-state index is 0.0939. The van der Waals surface area contributed by atoms with Crippen molar-refractivity contribution in [3.63, 3.8) is 0 Å². The van der Waals surface area contributed by atoms with Crippen molar-refractivity contribution in [2.45, 2.75) is 12.8 Å². The number of nitrogens with one attached hydrogen (secondary N) is 2. The molecular formula is C28H23FN6O2. The molecule has 2 aliphatic rings. The van der Waals surface area contributed by atoms with Crippen LogP contribution in [0.5, 0.6) is 11.5 Å². The number of aromatic nitrogens is 2. The van der Waals surface area contributed by atoms with Gasteiger partial charge in [0.1, 0.15) is 0 Å². The number of aliphatic imine (C=N–C) groups is 2. The average Bonchev–Trinajstić information content (AvgIpc) is 2.94. The summed E-state index contributed by atoms with van der Waals surface area (Å²) in [5, 5.41) is 0. The molecule has 5 rings (SSSR count). The van der Waals surface area contributed by atoms with E-state index < -0.39 is 5.82 Å². The summed E-state index contributed by atoms with van der Waals surface area (Å²) in [5.74, 6) is 0.712. The molecule has 0 radical (unpaired) electrons. The summed E-state index contributed by atoms with van der Waals surface area (Å²) in [6.07, 6.45) is 13.4. The van der Waals surface area contributed by atoms with Crippen LogP contribution in [0, 0.1) is 5.82 Å². The van der Waals surface area contributed by atoms with Crippen LogP contribution in [0.1, 0.15) is 12.8 Å². The summed E-state index contributed by atoms with van der Waals surface area (Å²) < 4.78 is 14.5. The van der Waals surface area contributed by atoms with Crippen molar-refractivity contribution in [1.29, 1.82) is 0 Å². The molecule has 1 aromatic heterocycles. The monoisotopic (exact) mass is 494 g/mol. The summed E-state index contributed by atoms with van der Waals surface area (Å²) in [6.45, 7) is 0. The zero-order valence-corrected chi connectivity index (χ0v) is 19.7. The fraction of sp³-hybridized carbons (Fsp3) is 0.0714. The second-order valence-corrected chi connectivity index (χ2v) is 8.00. The molecule has 0 atom stereocenters. The number of hydrogen-bond donors (Lipinski definition) is 2. The Morgan fingerprint density at radius 3 is 1.84 bits per heavy atom. The van der Waals surface area contributed by atoms with Crippen LogP contribution < -0.4 is 20.6 Å². The number of benzene rings is 2. The molecule has 2 N–H and O–H groups in total. The number of halogens is 1. The number of rotatable bonds is 8. The minimum atomic E-state index is -0.646. The van der Waals surface area contributed by atoms with Gasteiger partial charge < -0.3 is 9.68 Å². The van der Waals surface area contributed by atoms with Crippen LogP contribution in [0.4, 0.5) is 16.2 Å². The Bertz CT molecular complexity index is 1430. The number of para-hydroxylation sites is 2. The molecule has 8 nitrogen and oxygen atoms in total. The van der Waals surface area contributed by atoms with Crippen molar-refractivity contribution in [2.75, 3.05) is 0 Å². The first kappa shape index (κ1) is 23.7. The number of hydroxylamine groups is 2. The molecule has 0 aliphatic heterocycles. The summed E-state index contributed by atoms with van der Waals surface area (Å²) in [6, 6.07) is 18.7. The Kier molecular flexibility index (Phi) is 7.42. The second kappa shape index (κ2) is 11.6. The van der Waals surface area contributed by atoms with E-state index in [1.165, 1.54) is 0 Å². The van der Waals surface area contributed by atoms with Gasteiger partial charge in [-0.05, 0) is 48.6 Å². The van der Waals surface area contributed by atoms with E-state index in [0.29, 0.717) is 35.8 Å². The van der Waals surface area contributed by atoms with Gasteiger partial charge >= 0.3 is 0 Å². The summed E-state index contributed by atoms with van der Waals surface area (Å²) in [5.41, 5.74) is 8.53. The normalized spacial score (nSPS) is 16.8. The maximum absolute atomic E-state index is 14.5. The van der Waals surface area contributed by atoms with Crippen LogP contribution in [0.2, 0.25) is 0 Å². The van der Waals surface area contributed by atoms with Crippen molar-refractivity contribution in [1.82, 2.24) is 20.9 Å². The van der Waals surface area contributed by atoms with Crippen LogP contribution in [0.3, 0.4) is 0 Å². The predicted octanol–water partition coefficient (Wildman–Crippen LogP) is 5.62. The van der Waals surface area contributed by atoms with E-state index in [0.717, 1.165) is 17.6 Å². The Hall–Kier alpha value is -5.05. The summed E-state index contributed by atoms with van der Waals surface area (Å²) >= 11 is 0. The molecular weight excluding hydrogens is 471 g/mol. The van der Waals surface area contributed by atoms with Crippen LogP contribution in [-0.2, 0) is 0 Å². The van der Waals surface area contributed by atoms with E-state index in [1.807, 2.05) is 85.0 Å². The molecule has 3 aromatic rings. The number of allylic oxidation sites excluding steroid dienone is 6. The zero-order valence-electron chi connectivity index (χ0n) is 19.7. The molecule has 0 bridgehead atoms. The van der Waals surface area contributed by atoms with Gasteiger partial charge in [0.15, 0.2) is 23.1 Å². The van der Waals surface area contributed by atoms with Crippen molar-refractivity contribution >= 4 is 23.2 Å². The van der Waals surface area contributed by atoms with Crippen LogP contribution >= 0.6 is 0 Å². The molecule has 184 valence electrons. The molecule has 0 spiro atoms. The maximum Gasteiger partial charge on any atom is 0.252 e. The SMILES string of the molecule is Fc1cnc(N=C2C=CCC(NOc3ccccc3)=C2)nc1N=C1C=CCC(NOc2ccccc2)=C1. The standard InChI is InChI=1S/C28H23FN6O2/c29-26-19-30-28(32-21-10-8-12-23(18-21)35-37-25-15-5-2-6-16-25)33-27(26)31-20-9-7-11-22(17-20)34-36-24-13-3-1-4-14-24/h1-10,13-19,34-35H,11-12H2. The number of nitrogens with zero attached hydrogens (tertiary/aromatic N) is 4. The summed E-state index contributed by atoms with van der Waals surface area (Å²) in [7, 11) is 0. The lowest BCUT2D eigenvalue weighted by Gasteiger charge is -2.13. The van der Waals surface area contributed by atoms with E-state index in [2.05, 4.69) is 30.9 Å². The van der Waals surface area contributed by atoms with Crippen molar-refractivity contribution < 1.29 is 14.1 Å². The van der Waals surface area contributed by atoms with E-state index in [9.17, 15) is 4.39 Å². The zero-order chi connectivity index (χ0) is 25.3. The van der Waals surface area contributed by atoms with Crippen molar-refractivity contribution in [2.24, 2.45) is 9.98 Å². The van der Waals surface area contributed by atoms with Gasteiger partial charge in [-0.15, -0.1) is 0 Å². The smallest absolute Gasteiger partial charge is 0.252 e. The predicted molar refractivity (Wildman–Crippen MR) is 140 cm³/mol. The lowest BCUT2D eigenvalue weighted by molar-refractivity contribution is 0.227. The Morgan fingerprint density at radius 2 is 1.27 bits per heavy atom. The third-order valence-electron chi connectivity index (χ3n) is 5.16. The van der Waals surface area contributed by atoms with Crippen molar-refractivity contribution in [3.05, 3.63) is 121 Å². The Morgan fingerprint density at radius 1 is 0.730 bits per heavy atom. The largest absolute Gasteiger partial charge is 0.382 e. The van der Waals surface area contributed by atoms with E-state index in [-0.39, 0.29) is 11.8 Å². The van der Waals surface area contributed by atoms with Crippen LogP contribution in [0.15, 0.2) is 125 Å². The third kappa shape index (κ3) is 6.76. The molecule has 0 fully saturated rings. The molecule has 1 heterocycles. The summed E-state index contributed by atoms with van der Waals surface area (Å²) in [4.78, 5) is 28.1.